The van der Waals surface area contributed by atoms with Gasteiger partial charge in [-0.1, -0.05) is 18.2 Å². The monoisotopic (exact) mass is 535 g/mol. The summed E-state index contributed by atoms with van der Waals surface area (Å²) >= 11 is 0. The van der Waals surface area contributed by atoms with E-state index in [1.54, 1.807) is 12.4 Å². The van der Waals surface area contributed by atoms with Gasteiger partial charge in [-0.05, 0) is 85.0 Å². The number of nitrogens with one attached hydrogen (secondary N) is 1. The highest BCUT2D eigenvalue weighted by molar-refractivity contribution is 6.00. The molecule has 0 saturated carbocycles. The molecule has 1 N–H and O–H groups in total. The number of carbonyl (C=O) groups excluding carboxylic acids is 2. The highest BCUT2D eigenvalue weighted by atomic mass is 16.1. The van der Waals surface area contributed by atoms with Gasteiger partial charge in [0, 0.05) is 74.2 Å². The first-order valence-electron chi connectivity index (χ1n) is 14.2. The number of hydrogen-bond donors (Lipinski definition) is 1. The summed E-state index contributed by atoms with van der Waals surface area (Å²) in [6.07, 6.45) is 7.17. The Labute approximate surface area is 236 Å². The second-order valence-corrected chi connectivity index (χ2v) is 10.3. The van der Waals surface area contributed by atoms with Crippen LogP contribution in [-0.2, 0) is 0 Å². The first-order valence-corrected chi connectivity index (χ1v) is 14.2. The molecular formula is C33H37N5O2. The van der Waals surface area contributed by atoms with E-state index in [1.165, 1.54) is 24.9 Å². The number of aliphatic imine (C=N–C) groups is 2. The molecule has 2 saturated heterocycles. The van der Waals surface area contributed by atoms with Gasteiger partial charge in [-0.25, -0.2) is 0 Å². The van der Waals surface area contributed by atoms with Gasteiger partial charge >= 0.3 is 0 Å². The maximum absolute atomic E-state index is 12.6. The topological polar surface area (TPSA) is 77.4 Å². The van der Waals surface area contributed by atoms with Gasteiger partial charge in [0.1, 0.15) is 13.1 Å². The zero-order valence-corrected chi connectivity index (χ0v) is 23.0. The molecule has 7 nitrogen and oxygen atoms in total. The van der Waals surface area contributed by atoms with Gasteiger partial charge in [-0.2, -0.15) is 0 Å². The van der Waals surface area contributed by atoms with E-state index in [0.29, 0.717) is 11.1 Å². The predicted octanol–water partition coefficient (Wildman–Crippen LogP) is 4.69. The highest BCUT2D eigenvalue weighted by Gasteiger charge is 2.13. The fourth-order valence-corrected chi connectivity index (χ4v) is 5.16. The normalized spacial score (nSPS) is 16.1. The predicted molar refractivity (Wildman–Crippen MR) is 164 cm³/mol. The van der Waals surface area contributed by atoms with Crippen LogP contribution >= 0.6 is 0 Å². The molecule has 2 heterocycles. The number of anilines is 2. The van der Waals surface area contributed by atoms with Crippen molar-refractivity contribution in [3.63, 3.8) is 0 Å². The molecule has 7 heteroatoms. The summed E-state index contributed by atoms with van der Waals surface area (Å²) in [6.45, 7) is 6.28. The molecule has 0 amide bonds. The standard InChI is InChI=1S/C33H37N5O2/c39-32(28-7-11-30(12-8-28)37-17-2-1-3-18-37)24-35-22-26-5-4-6-27(21-26)23-36-25-33(40)29-9-13-31(14-10-29)38-19-15-34-16-20-38/h4-14,21-23,34H,1-3,15-20,24-25H2. The van der Waals surface area contributed by atoms with Crippen LogP contribution in [0.1, 0.15) is 51.1 Å². The van der Waals surface area contributed by atoms with Gasteiger partial charge in [0.25, 0.3) is 0 Å². The molecule has 0 aliphatic carbocycles. The minimum atomic E-state index is -0.0108. The maximum atomic E-state index is 12.6. The summed E-state index contributed by atoms with van der Waals surface area (Å²) in [5.41, 5.74) is 5.44. The molecule has 206 valence electrons. The average molecular weight is 536 g/mol. The molecular weight excluding hydrogens is 498 g/mol. The Morgan fingerprint density at radius 3 is 1.62 bits per heavy atom. The Morgan fingerprint density at radius 1 is 0.650 bits per heavy atom. The van der Waals surface area contributed by atoms with Gasteiger partial charge in [-0.15, -0.1) is 0 Å². The summed E-state index contributed by atoms with van der Waals surface area (Å²) in [4.78, 5) is 38.7. The lowest BCUT2D eigenvalue weighted by atomic mass is 10.1. The van der Waals surface area contributed by atoms with E-state index in [0.717, 1.165) is 56.1 Å². The zero-order valence-electron chi connectivity index (χ0n) is 23.0. The number of piperidine rings is 1. The van der Waals surface area contributed by atoms with E-state index in [1.807, 2.05) is 72.8 Å². The van der Waals surface area contributed by atoms with Gasteiger partial charge in [0.05, 0.1) is 0 Å². The number of carbonyl (C=O) groups is 2. The van der Waals surface area contributed by atoms with Crippen LogP contribution < -0.4 is 15.1 Å². The Bertz CT molecular complexity index is 1240. The lowest BCUT2D eigenvalue weighted by Crippen LogP contribution is -2.43. The smallest absolute Gasteiger partial charge is 0.184 e. The Hall–Kier alpha value is -4.10. The third-order valence-corrected chi connectivity index (χ3v) is 7.44. The first-order chi connectivity index (χ1) is 19.7. The van der Waals surface area contributed by atoms with Crippen LogP contribution in [0, 0.1) is 0 Å². The fourth-order valence-electron chi connectivity index (χ4n) is 5.16. The van der Waals surface area contributed by atoms with E-state index >= 15 is 0 Å². The van der Waals surface area contributed by atoms with E-state index < -0.39 is 0 Å². The van der Waals surface area contributed by atoms with Crippen LogP contribution in [-0.4, -0.2) is 76.4 Å². The molecule has 3 aromatic carbocycles. The second kappa shape index (κ2) is 13.8. The Kier molecular flexibility index (Phi) is 9.48. The third kappa shape index (κ3) is 7.51. The van der Waals surface area contributed by atoms with Crippen molar-refractivity contribution < 1.29 is 9.59 Å². The second-order valence-electron chi connectivity index (χ2n) is 10.3. The van der Waals surface area contributed by atoms with Crippen LogP contribution in [0.15, 0.2) is 82.8 Å². The van der Waals surface area contributed by atoms with Crippen LogP contribution in [0.25, 0.3) is 0 Å². The molecule has 5 rings (SSSR count). The van der Waals surface area contributed by atoms with Crippen LogP contribution in [0.5, 0.6) is 0 Å². The minimum Gasteiger partial charge on any atom is -0.372 e. The molecule has 0 unspecified atom stereocenters. The van der Waals surface area contributed by atoms with E-state index in [9.17, 15) is 9.59 Å². The van der Waals surface area contributed by atoms with Crippen molar-refractivity contribution in [2.45, 2.75) is 19.3 Å². The van der Waals surface area contributed by atoms with Crippen LogP contribution in [0.3, 0.4) is 0 Å². The minimum absolute atomic E-state index is 0.00126. The lowest BCUT2D eigenvalue weighted by molar-refractivity contribution is 0.0994. The quantitative estimate of drug-likeness (QED) is 0.301. The number of hydrogen-bond acceptors (Lipinski definition) is 7. The molecule has 40 heavy (non-hydrogen) atoms. The number of nitrogens with zero attached hydrogens (tertiary/aromatic N) is 4. The lowest BCUT2D eigenvalue weighted by Gasteiger charge is -2.29. The molecule has 0 aromatic heterocycles. The number of rotatable bonds is 10. The molecule has 2 aliphatic heterocycles. The van der Waals surface area contributed by atoms with Crippen molar-refractivity contribution in [3.05, 3.63) is 95.1 Å². The SMILES string of the molecule is O=C(CN=Cc1cccc(C=NCC(=O)c2ccc(N3CCNCC3)cc2)c1)c1ccc(N2CCCCC2)cc1. The van der Waals surface area contributed by atoms with Gasteiger partial charge < -0.3 is 15.1 Å². The average Bonchev–Trinajstić information content (AvgIpc) is 3.02. The summed E-state index contributed by atoms with van der Waals surface area (Å²) in [6, 6.07) is 23.4. The van der Waals surface area contributed by atoms with Crippen LogP contribution in [0.4, 0.5) is 11.4 Å². The molecule has 2 aliphatic rings. The van der Waals surface area contributed by atoms with Crippen molar-refractivity contribution in [1.82, 2.24) is 5.32 Å². The molecule has 0 spiro atoms. The van der Waals surface area contributed by atoms with E-state index in [2.05, 4.69) is 25.1 Å². The van der Waals surface area contributed by atoms with Crippen molar-refractivity contribution in [1.29, 1.82) is 0 Å². The van der Waals surface area contributed by atoms with Crippen molar-refractivity contribution in [3.8, 4) is 0 Å². The fraction of sp³-hybridized carbons (Fsp3) is 0.333. The van der Waals surface area contributed by atoms with Gasteiger partial charge in [-0.3, -0.25) is 19.6 Å². The number of benzene rings is 3. The van der Waals surface area contributed by atoms with Gasteiger partial charge in [0.2, 0.25) is 0 Å². The summed E-state index contributed by atoms with van der Waals surface area (Å²) in [5, 5.41) is 3.35. The Balaban J connectivity index is 1.10. The summed E-state index contributed by atoms with van der Waals surface area (Å²) in [5.74, 6) is -0.0121. The number of piperazine rings is 1. The van der Waals surface area contributed by atoms with Crippen molar-refractivity contribution in [2.75, 3.05) is 62.2 Å². The molecule has 0 bridgehead atoms. The highest BCUT2D eigenvalue weighted by Crippen LogP contribution is 2.20. The van der Waals surface area contributed by atoms with Crippen molar-refractivity contribution in [2.24, 2.45) is 9.98 Å². The molecule has 2 fully saturated rings. The summed E-state index contributed by atoms with van der Waals surface area (Å²) < 4.78 is 0. The number of Topliss-reactive ketones (excluding diaryl/α,β-unsaturated/α-hetero) is 2. The third-order valence-electron chi connectivity index (χ3n) is 7.44. The Morgan fingerprint density at radius 2 is 1.12 bits per heavy atom. The number of ketones is 2. The maximum Gasteiger partial charge on any atom is 0.184 e. The molecule has 3 aromatic rings. The summed E-state index contributed by atoms with van der Waals surface area (Å²) in [7, 11) is 0. The van der Waals surface area contributed by atoms with E-state index in [-0.39, 0.29) is 24.7 Å². The van der Waals surface area contributed by atoms with Gasteiger partial charge in [0.15, 0.2) is 11.6 Å². The van der Waals surface area contributed by atoms with Crippen LogP contribution in [0.2, 0.25) is 0 Å². The van der Waals surface area contributed by atoms with E-state index in [4.69, 9.17) is 0 Å². The molecule has 0 atom stereocenters. The first kappa shape index (κ1) is 27.5. The van der Waals surface area contributed by atoms with Crippen molar-refractivity contribution >= 4 is 35.4 Å². The zero-order chi connectivity index (χ0) is 27.6. The molecule has 0 radical (unpaired) electrons. The largest absolute Gasteiger partial charge is 0.372 e.